The second kappa shape index (κ2) is 4.70. The van der Waals surface area contributed by atoms with Crippen LogP contribution in [0.1, 0.15) is 19.4 Å². The van der Waals surface area contributed by atoms with Crippen molar-refractivity contribution in [3.63, 3.8) is 0 Å². The first-order chi connectivity index (χ1) is 8.91. The fraction of sp³-hybridized carbons (Fsp3) is 0.417. The molecule has 2 amide bonds. The van der Waals surface area contributed by atoms with Gasteiger partial charge in [-0.05, 0) is 12.1 Å². The van der Waals surface area contributed by atoms with Crippen LogP contribution in [0.15, 0.2) is 12.1 Å². The molecule has 1 fully saturated rings. The number of methoxy groups -OCH3 is 1. The molecule has 0 aromatic carbocycles. The maximum Gasteiger partial charge on any atom is 0.415 e. The minimum absolute atomic E-state index is 0.158. The van der Waals surface area contributed by atoms with Gasteiger partial charge in [-0.25, -0.2) is 9.78 Å². The van der Waals surface area contributed by atoms with Crippen molar-refractivity contribution in [2.75, 3.05) is 7.11 Å². The SMILES string of the molecule is COc1nc(Cl)ccc1[C@@]1(C(C)C)OC(=O)NC1=O. The van der Waals surface area contributed by atoms with Crippen LogP contribution in [0, 0.1) is 5.92 Å². The normalized spacial score (nSPS) is 22.4. The van der Waals surface area contributed by atoms with Gasteiger partial charge >= 0.3 is 6.09 Å². The van der Waals surface area contributed by atoms with Gasteiger partial charge in [0.1, 0.15) is 5.15 Å². The zero-order chi connectivity index (χ0) is 14.2. The summed E-state index contributed by atoms with van der Waals surface area (Å²) in [4.78, 5) is 27.5. The zero-order valence-electron chi connectivity index (χ0n) is 10.7. The monoisotopic (exact) mass is 284 g/mol. The van der Waals surface area contributed by atoms with E-state index in [0.717, 1.165) is 0 Å². The van der Waals surface area contributed by atoms with Crippen LogP contribution in [0.5, 0.6) is 5.88 Å². The van der Waals surface area contributed by atoms with Crippen LogP contribution < -0.4 is 10.1 Å². The smallest absolute Gasteiger partial charge is 0.415 e. The fourth-order valence-corrected chi connectivity index (χ4v) is 2.27. The molecular weight excluding hydrogens is 272 g/mol. The summed E-state index contributed by atoms with van der Waals surface area (Å²) in [5.41, 5.74) is -1.07. The summed E-state index contributed by atoms with van der Waals surface area (Å²) in [7, 11) is 1.41. The molecule has 1 saturated heterocycles. The Balaban J connectivity index is 2.64. The first-order valence-corrected chi connectivity index (χ1v) is 6.05. The number of alkyl carbamates (subject to hydrolysis) is 1. The van der Waals surface area contributed by atoms with E-state index in [2.05, 4.69) is 10.3 Å². The maximum absolute atomic E-state index is 12.1. The number of nitrogens with zero attached hydrogens (tertiary/aromatic N) is 1. The number of imide groups is 1. The van der Waals surface area contributed by atoms with Crippen LogP contribution >= 0.6 is 11.6 Å². The molecule has 19 heavy (non-hydrogen) atoms. The largest absolute Gasteiger partial charge is 0.481 e. The number of halogens is 1. The van der Waals surface area contributed by atoms with E-state index in [1.807, 2.05) is 0 Å². The summed E-state index contributed by atoms with van der Waals surface area (Å²) >= 11 is 5.79. The molecule has 1 N–H and O–H groups in total. The minimum atomic E-state index is -1.44. The van der Waals surface area contributed by atoms with Crippen molar-refractivity contribution in [2.24, 2.45) is 5.92 Å². The summed E-state index contributed by atoms with van der Waals surface area (Å²) in [6.07, 6.45) is -0.782. The molecule has 1 atom stereocenters. The number of ether oxygens (including phenoxy) is 2. The molecule has 0 unspecified atom stereocenters. The molecule has 102 valence electrons. The van der Waals surface area contributed by atoms with E-state index in [-0.39, 0.29) is 17.0 Å². The minimum Gasteiger partial charge on any atom is -0.481 e. The molecule has 2 heterocycles. The third-order valence-electron chi connectivity index (χ3n) is 3.04. The Morgan fingerprint density at radius 2 is 2.11 bits per heavy atom. The molecule has 1 aliphatic heterocycles. The Labute approximate surface area is 115 Å². The summed E-state index contributed by atoms with van der Waals surface area (Å²) in [5, 5.41) is 2.36. The van der Waals surface area contributed by atoms with Gasteiger partial charge in [0.25, 0.3) is 5.91 Å². The average molecular weight is 285 g/mol. The van der Waals surface area contributed by atoms with E-state index in [1.54, 1.807) is 19.9 Å². The molecule has 0 spiro atoms. The molecular formula is C12H13ClN2O4. The zero-order valence-corrected chi connectivity index (χ0v) is 11.4. The number of carbonyl (C=O) groups is 2. The van der Waals surface area contributed by atoms with Crippen molar-refractivity contribution in [1.29, 1.82) is 0 Å². The maximum atomic E-state index is 12.1. The Bertz CT molecular complexity index is 547. The van der Waals surface area contributed by atoms with E-state index < -0.39 is 17.6 Å². The lowest BCUT2D eigenvalue weighted by Crippen LogP contribution is -2.41. The predicted octanol–water partition coefficient (Wildman–Crippen LogP) is 1.86. The number of amides is 2. The van der Waals surface area contributed by atoms with E-state index in [1.165, 1.54) is 13.2 Å². The van der Waals surface area contributed by atoms with Crippen LogP contribution in [-0.4, -0.2) is 24.1 Å². The molecule has 7 heteroatoms. The van der Waals surface area contributed by atoms with Gasteiger partial charge in [-0.15, -0.1) is 0 Å². The van der Waals surface area contributed by atoms with Gasteiger partial charge in [-0.1, -0.05) is 25.4 Å². The summed E-state index contributed by atoms with van der Waals surface area (Å²) < 4.78 is 10.4. The van der Waals surface area contributed by atoms with E-state index in [4.69, 9.17) is 21.1 Å². The lowest BCUT2D eigenvalue weighted by Gasteiger charge is -2.29. The lowest BCUT2D eigenvalue weighted by atomic mass is 9.83. The van der Waals surface area contributed by atoms with Crippen LogP contribution in [-0.2, 0) is 15.1 Å². The molecule has 6 nitrogen and oxygen atoms in total. The fourth-order valence-electron chi connectivity index (χ4n) is 2.13. The molecule has 1 aromatic heterocycles. The molecule has 1 aromatic rings. The highest BCUT2D eigenvalue weighted by molar-refractivity contribution is 6.29. The lowest BCUT2D eigenvalue weighted by molar-refractivity contribution is -0.136. The summed E-state index contributed by atoms with van der Waals surface area (Å²) in [6, 6.07) is 3.09. The first kappa shape index (κ1) is 13.6. The Hall–Kier alpha value is -1.82. The Morgan fingerprint density at radius 1 is 1.42 bits per heavy atom. The molecule has 0 bridgehead atoms. The number of nitrogens with one attached hydrogen (secondary N) is 1. The van der Waals surface area contributed by atoms with Gasteiger partial charge in [0.15, 0.2) is 0 Å². The second-order valence-electron chi connectivity index (χ2n) is 4.42. The third kappa shape index (κ3) is 2.02. The molecule has 1 aliphatic rings. The average Bonchev–Trinajstić information content (AvgIpc) is 2.65. The second-order valence-corrected chi connectivity index (χ2v) is 4.81. The summed E-state index contributed by atoms with van der Waals surface area (Å²) in [5.74, 6) is -0.670. The van der Waals surface area contributed by atoms with Crippen molar-refractivity contribution in [1.82, 2.24) is 10.3 Å². The number of hydrogen-bond donors (Lipinski definition) is 1. The third-order valence-corrected chi connectivity index (χ3v) is 3.25. The number of hydrogen-bond acceptors (Lipinski definition) is 5. The molecule has 0 radical (unpaired) electrons. The van der Waals surface area contributed by atoms with E-state index in [9.17, 15) is 9.59 Å². The Morgan fingerprint density at radius 3 is 2.58 bits per heavy atom. The highest BCUT2D eigenvalue weighted by Gasteiger charge is 2.54. The van der Waals surface area contributed by atoms with Crippen molar-refractivity contribution in [3.8, 4) is 5.88 Å². The van der Waals surface area contributed by atoms with Crippen LogP contribution in [0.3, 0.4) is 0 Å². The standard InChI is InChI=1S/C12H13ClN2O4/c1-6(2)12(10(16)15-11(17)19-12)7-4-5-8(13)14-9(7)18-3/h4-6H,1-3H3,(H,15,16,17)/t12-/m1/s1. The van der Waals surface area contributed by atoms with Gasteiger partial charge in [0.2, 0.25) is 11.5 Å². The molecule has 0 aliphatic carbocycles. The number of rotatable bonds is 3. The van der Waals surface area contributed by atoms with Crippen LogP contribution in [0.25, 0.3) is 0 Å². The van der Waals surface area contributed by atoms with Crippen molar-refractivity contribution in [3.05, 3.63) is 22.8 Å². The predicted molar refractivity (Wildman–Crippen MR) is 66.9 cm³/mol. The number of cyclic esters (lactones) is 1. The quantitative estimate of drug-likeness (QED) is 0.857. The van der Waals surface area contributed by atoms with Gasteiger partial charge in [0, 0.05) is 5.92 Å². The number of carbonyl (C=O) groups excluding carboxylic acids is 2. The van der Waals surface area contributed by atoms with Crippen molar-refractivity contribution in [2.45, 2.75) is 19.4 Å². The van der Waals surface area contributed by atoms with Gasteiger partial charge < -0.3 is 9.47 Å². The van der Waals surface area contributed by atoms with Gasteiger partial charge in [0.05, 0.1) is 12.7 Å². The van der Waals surface area contributed by atoms with Crippen LogP contribution in [0.4, 0.5) is 4.79 Å². The first-order valence-electron chi connectivity index (χ1n) is 5.67. The Kier molecular flexibility index (Phi) is 3.36. The molecule has 0 saturated carbocycles. The van der Waals surface area contributed by atoms with Crippen molar-refractivity contribution >= 4 is 23.6 Å². The van der Waals surface area contributed by atoms with Gasteiger partial charge in [-0.2, -0.15) is 0 Å². The van der Waals surface area contributed by atoms with Gasteiger partial charge in [-0.3, -0.25) is 10.1 Å². The highest BCUT2D eigenvalue weighted by atomic mass is 35.5. The number of aromatic nitrogens is 1. The summed E-state index contributed by atoms with van der Waals surface area (Å²) in [6.45, 7) is 3.54. The van der Waals surface area contributed by atoms with Crippen LogP contribution in [0.2, 0.25) is 5.15 Å². The number of pyridine rings is 1. The molecule has 2 rings (SSSR count). The highest BCUT2D eigenvalue weighted by Crippen LogP contribution is 2.41. The van der Waals surface area contributed by atoms with E-state index >= 15 is 0 Å². The van der Waals surface area contributed by atoms with E-state index in [0.29, 0.717) is 5.56 Å². The van der Waals surface area contributed by atoms with Crippen molar-refractivity contribution < 1.29 is 19.1 Å². The topological polar surface area (TPSA) is 77.5 Å².